The van der Waals surface area contributed by atoms with Gasteiger partial charge in [0.1, 0.15) is 11.6 Å². The second-order valence-corrected chi connectivity index (χ2v) is 9.26. The minimum Gasteiger partial charge on any atom is -0.497 e. The monoisotopic (exact) mass is 489 g/mol. The van der Waals surface area contributed by atoms with Gasteiger partial charge in [-0.05, 0) is 55.7 Å². The van der Waals surface area contributed by atoms with Crippen LogP contribution in [-0.2, 0) is 11.3 Å². The summed E-state index contributed by atoms with van der Waals surface area (Å²) in [6.07, 6.45) is 1.56. The molecule has 0 spiro atoms. The number of halogens is 1. The van der Waals surface area contributed by atoms with Crippen LogP contribution in [0.5, 0.6) is 5.75 Å². The van der Waals surface area contributed by atoms with Crippen LogP contribution in [0.2, 0.25) is 5.02 Å². The molecule has 0 radical (unpaired) electrons. The van der Waals surface area contributed by atoms with Crippen molar-refractivity contribution in [1.29, 1.82) is 0 Å². The SMILES string of the molecule is COc1ccc(-c2cc3nc(C)cc(N4CCC(C(=O)NCc5ccccc5Cl)CC4)n3n2)cc1. The first kappa shape index (κ1) is 23.2. The van der Waals surface area contributed by atoms with E-state index < -0.39 is 0 Å². The zero-order valence-electron chi connectivity index (χ0n) is 19.9. The number of hydrogen-bond acceptors (Lipinski definition) is 5. The van der Waals surface area contributed by atoms with Crippen LogP contribution in [0.1, 0.15) is 24.1 Å². The lowest BCUT2D eigenvalue weighted by Crippen LogP contribution is -2.41. The number of nitrogens with zero attached hydrogens (tertiary/aromatic N) is 4. The van der Waals surface area contributed by atoms with Crippen LogP contribution in [0.3, 0.4) is 0 Å². The van der Waals surface area contributed by atoms with Gasteiger partial charge in [0.05, 0.1) is 12.8 Å². The summed E-state index contributed by atoms with van der Waals surface area (Å²) in [6.45, 7) is 4.00. The van der Waals surface area contributed by atoms with Gasteiger partial charge in [-0.15, -0.1) is 0 Å². The molecule has 1 N–H and O–H groups in total. The van der Waals surface area contributed by atoms with Gasteiger partial charge in [-0.1, -0.05) is 29.8 Å². The van der Waals surface area contributed by atoms with Gasteiger partial charge in [0.2, 0.25) is 5.91 Å². The molecule has 2 aromatic heterocycles. The quantitative estimate of drug-likeness (QED) is 0.417. The summed E-state index contributed by atoms with van der Waals surface area (Å²) in [7, 11) is 1.66. The Balaban J connectivity index is 1.29. The van der Waals surface area contributed by atoms with Gasteiger partial charge in [0, 0.05) is 54.0 Å². The predicted molar refractivity (Wildman–Crippen MR) is 138 cm³/mol. The highest BCUT2D eigenvalue weighted by Crippen LogP contribution is 2.28. The van der Waals surface area contributed by atoms with Gasteiger partial charge in [0.15, 0.2) is 5.65 Å². The molecule has 1 amide bonds. The molecule has 0 saturated carbocycles. The zero-order chi connectivity index (χ0) is 24.4. The molecule has 0 bridgehead atoms. The Bertz CT molecular complexity index is 1340. The predicted octanol–water partition coefficient (Wildman–Crippen LogP) is 4.90. The number of nitrogens with one attached hydrogen (secondary N) is 1. The van der Waals surface area contributed by atoms with E-state index in [4.69, 9.17) is 21.4 Å². The molecular formula is C27H28ClN5O2. The molecule has 4 aromatic rings. The van der Waals surface area contributed by atoms with Gasteiger partial charge in [0.25, 0.3) is 0 Å². The van der Waals surface area contributed by atoms with Gasteiger partial charge in [-0.3, -0.25) is 4.79 Å². The van der Waals surface area contributed by atoms with Crippen molar-refractivity contribution in [1.82, 2.24) is 19.9 Å². The molecule has 7 nitrogen and oxygen atoms in total. The molecule has 1 aliphatic heterocycles. The minimum atomic E-state index is -0.0142. The summed E-state index contributed by atoms with van der Waals surface area (Å²) in [4.78, 5) is 19.8. The number of amides is 1. The highest BCUT2D eigenvalue weighted by Gasteiger charge is 2.26. The molecule has 0 aliphatic carbocycles. The van der Waals surface area contributed by atoms with E-state index in [-0.39, 0.29) is 11.8 Å². The third kappa shape index (κ3) is 4.95. The van der Waals surface area contributed by atoms with Crippen LogP contribution in [0.15, 0.2) is 60.7 Å². The number of carbonyl (C=O) groups excluding carboxylic acids is 1. The molecule has 0 unspecified atom stereocenters. The summed E-state index contributed by atoms with van der Waals surface area (Å²) in [5.74, 6) is 1.88. The molecular weight excluding hydrogens is 462 g/mol. The second kappa shape index (κ2) is 9.96. The fraction of sp³-hybridized carbons (Fsp3) is 0.296. The van der Waals surface area contributed by atoms with Gasteiger partial charge < -0.3 is 15.0 Å². The van der Waals surface area contributed by atoms with E-state index in [1.54, 1.807) is 7.11 Å². The smallest absolute Gasteiger partial charge is 0.223 e. The van der Waals surface area contributed by atoms with E-state index in [0.29, 0.717) is 11.6 Å². The number of methoxy groups -OCH3 is 1. The molecule has 5 rings (SSSR count). The van der Waals surface area contributed by atoms with Crippen molar-refractivity contribution in [2.45, 2.75) is 26.3 Å². The number of aryl methyl sites for hydroxylation is 1. The van der Waals surface area contributed by atoms with Crippen LogP contribution >= 0.6 is 11.6 Å². The van der Waals surface area contributed by atoms with E-state index in [9.17, 15) is 4.79 Å². The zero-order valence-corrected chi connectivity index (χ0v) is 20.6. The summed E-state index contributed by atoms with van der Waals surface area (Å²) < 4.78 is 7.17. The van der Waals surface area contributed by atoms with Gasteiger partial charge in [-0.25, -0.2) is 4.98 Å². The molecule has 2 aromatic carbocycles. The topological polar surface area (TPSA) is 71.8 Å². The lowest BCUT2D eigenvalue weighted by atomic mass is 9.95. The number of hydrogen-bond donors (Lipinski definition) is 1. The highest BCUT2D eigenvalue weighted by molar-refractivity contribution is 6.31. The number of benzene rings is 2. The second-order valence-electron chi connectivity index (χ2n) is 8.85. The molecule has 180 valence electrons. The molecule has 8 heteroatoms. The number of rotatable bonds is 6. The minimum absolute atomic E-state index is 0.0142. The number of anilines is 1. The van der Waals surface area contributed by atoms with Crippen LogP contribution in [0.25, 0.3) is 16.9 Å². The largest absolute Gasteiger partial charge is 0.497 e. The summed E-state index contributed by atoms with van der Waals surface area (Å²) in [5, 5.41) is 8.59. The van der Waals surface area contributed by atoms with Gasteiger partial charge in [-0.2, -0.15) is 9.61 Å². The normalized spacial score (nSPS) is 14.3. The first-order valence-electron chi connectivity index (χ1n) is 11.8. The molecule has 35 heavy (non-hydrogen) atoms. The third-order valence-corrected chi connectivity index (χ3v) is 6.89. The van der Waals surface area contributed by atoms with Crippen LogP contribution in [0, 0.1) is 12.8 Å². The van der Waals surface area contributed by atoms with E-state index in [1.165, 1.54) is 0 Å². The standard InChI is InChI=1S/C27H28ClN5O2/c1-18-15-26(33-25(30-18)16-24(31-33)19-7-9-22(35-2)10-8-19)32-13-11-20(12-14-32)27(34)29-17-21-5-3-4-6-23(21)28/h3-10,15-16,20H,11-14,17H2,1-2H3,(H,29,34). The lowest BCUT2D eigenvalue weighted by Gasteiger charge is -2.33. The third-order valence-electron chi connectivity index (χ3n) is 6.52. The lowest BCUT2D eigenvalue weighted by molar-refractivity contribution is -0.125. The maximum Gasteiger partial charge on any atom is 0.223 e. The Morgan fingerprint density at radius 3 is 2.57 bits per heavy atom. The van der Waals surface area contributed by atoms with Crippen LogP contribution in [0.4, 0.5) is 5.82 Å². The van der Waals surface area contributed by atoms with E-state index in [1.807, 2.05) is 66.0 Å². The van der Waals surface area contributed by atoms with Gasteiger partial charge >= 0.3 is 0 Å². The first-order valence-corrected chi connectivity index (χ1v) is 12.2. The fourth-order valence-electron chi connectivity index (χ4n) is 4.55. The number of carbonyl (C=O) groups is 1. The average Bonchev–Trinajstić information content (AvgIpc) is 3.31. The number of ether oxygens (including phenoxy) is 1. The Kier molecular flexibility index (Phi) is 6.59. The summed E-state index contributed by atoms with van der Waals surface area (Å²) >= 11 is 6.22. The maximum atomic E-state index is 12.8. The van der Waals surface area contributed by atoms with E-state index >= 15 is 0 Å². The van der Waals surface area contributed by atoms with Crippen molar-refractivity contribution in [3.8, 4) is 17.0 Å². The highest BCUT2D eigenvalue weighted by atomic mass is 35.5. The average molecular weight is 490 g/mol. The molecule has 1 saturated heterocycles. The summed E-state index contributed by atoms with van der Waals surface area (Å²) in [5.41, 5.74) is 4.55. The molecule has 1 fully saturated rings. The Hall–Kier alpha value is -3.58. The number of fused-ring (bicyclic) bond motifs is 1. The fourth-order valence-corrected chi connectivity index (χ4v) is 4.75. The van der Waals surface area contributed by atoms with Crippen molar-refractivity contribution in [2.24, 2.45) is 5.92 Å². The summed E-state index contributed by atoms with van der Waals surface area (Å²) in [6, 6.07) is 19.5. The van der Waals surface area contributed by atoms with Crippen molar-refractivity contribution in [3.05, 3.63) is 76.9 Å². The van der Waals surface area contributed by atoms with Crippen molar-refractivity contribution >= 4 is 29.0 Å². The van der Waals surface area contributed by atoms with E-state index in [2.05, 4.69) is 21.3 Å². The van der Waals surface area contributed by atoms with Crippen molar-refractivity contribution < 1.29 is 9.53 Å². The van der Waals surface area contributed by atoms with Crippen molar-refractivity contribution in [2.75, 3.05) is 25.1 Å². The number of piperidine rings is 1. The Labute approximate surface area is 209 Å². The van der Waals surface area contributed by atoms with Crippen LogP contribution < -0.4 is 15.0 Å². The van der Waals surface area contributed by atoms with Crippen molar-refractivity contribution in [3.63, 3.8) is 0 Å². The Morgan fingerprint density at radius 1 is 1.11 bits per heavy atom. The van der Waals surface area contributed by atoms with Crippen LogP contribution in [-0.4, -0.2) is 40.7 Å². The number of aromatic nitrogens is 3. The maximum absolute atomic E-state index is 12.8. The molecule has 3 heterocycles. The van der Waals surface area contributed by atoms with E-state index in [0.717, 1.165) is 65.7 Å². The molecule has 0 atom stereocenters. The molecule has 1 aliphatic rings. The Morgan fingerprint density at radius 2 is 1.86 bits per heavy atom. The first-order chi connectivity index (χ1) is 17.0.